The summed E-state index contributed by atoms with van der Waals surface area (Å²) in [7, 11) is 0. The molecule has 1 rings (SSSR count). The summed E-state index contributed by atoms with van der Waals surface area (Å²) < 4.78 is 0. The van der Waals surface area contributed by atoms with Crippen LogP contribution in [0.25, 0.3) is 0 Å². The quantitative estimate of drug-likeness (QED) is 0.652. The highest BCUT2D eigenvalue weighted by Gasteiger charge is 2.29. The van der Waals surface area contributed by atoms with Crippen LogP contribution in [-0.4, -0.2) is 35.0 Å². The van der Waals surface area contributed by atoms with Crippen molar-refractivity contribution in [2.75, 3.05) is 0 Å². The number of hydrogen-bond acceptors (Lipinski definition) is 4. The zero-order chi connectivity index (χ0) is 18.1. The minimum Gasteiger partial charge on any atom is -0.480 e. The molecule has 0 heterocycles. The van der Waals surface area contributed by atoms with Crippen molar-refractivity contribution in [3.63, 3.8) is 0 Å². The van der Waals surface area contributed by atoms with E-state index in [0.717, 1.165) is 5.56 Å². The Morgan fingerprint density at radius 3 is 2.33 bits per heavy atom. The highest BCUT2D eigenvalue weighted by molar-refractivity contribution is 5.90. The molecule has 0 saturated carbocycles. The van der Waals surface area contributed by atoms with E-state index in [-0.39, 0.29) is 18.7 Å². The second kappa shape index (κ2) is 9.30. The number of carboxylic acids is 1. The van der Waals surface area contributed by atoms with Crippen LogP contribution < -0.4 is 10.6 Å². The summed E-state index contributed by atoms with van der Waals surface area (Å²) in [5.41, 5.74) is 0.836. The standard InChI is InChI=1S/C17H21N3O4/c1-11(8-9-18)15(17(23)24)20-16(22)14(19-12(2)21)10-13-6-4-3-5-7-13/h3-7,11,14-15H,8,10H2,1-2H3,(H,19,21)(H,20,22)(H,23,24)/t11-,14-,15-/m1/s1. The average Bonchev–Trinajstić information content (AvgIpc) is 2.52. The van der Waals surface area contributed by atoms with E-state index in [2.05, 4.69) is 10.6 Å². The number of benzene rings is 1. The van der Waals surface area contributed by atoms with Gasteiger partial charge >= 0.3 is 5.97 Å². The van der Waals surface area contributed by atoms with E-state index >= 15 is 0 Å². The van der Waals surface area contributed by atoms with E-state index < -0.39 is 29.9 Å². The van der Waals surface area contributed by atoms with Gasteiger partial charge in [-0.3, -0.25) is 9.59 Å². The fraction of sp³-hybridized carbons (Fsp3) is 0.412. The maximum atomic E-state index is 12.4. The molecule has 0 radical (unpaired) electrons. The van der Waals surface area contributed by atoms with Crippen LogP contribution in [0.2, 0.25) is 0 Å². The molecule has 3 atom stereocenters. The van der Waals surface area contributed by atoms with Gasteiger partial charge in [0.25, 0.3) is 0 Å². The molecule has 0 spiro atoms. The number of amides is 2. The van der Waals surface area contributed by atoms with Crippen molar-refractivity contribution in [3.8, 4) is 6.07 Å². The first-order valence-corrected chi connectivity index (χ1v) is 7.56. The molecule has 7 nitrogen and oxygen atoms in total. The Balaban J connectivity index is 2.88. The number of rotatable bonds is 8. The van der Waals surface area contributed by atoms with Crippen molar-refractivity contribution in [3.05, 3.63) is 35.9 Å². The van der Waals surface area contributed by atoms with Gasteiger partial charge in [-0.25, -0.2) is 4.79 Å². The Hall–Kier alpha value is -2.88. The van der Waals surface area contributed by atoms with Gasteiger partial charge < -0.3 is 15.7 Å². The third kappa shape index (κ3) is 6.08. The Morgan fingerprint density at radius 1 is 1.21 bits per heavy atom. The molecule has 0 saturated heterocycles. The largest absolute Gasteiger partial charge is 0.480 e. The van der Waals surface area contributed by atoms with Crippen molar-refractivity contribution in [1.29, 1.82) is 5.26 Å². The van der Waals surface area contributed by atoms with Crippen LogP contribution in [0.5, 0.6) is 0 Å². The number of nitriles is 1. The molecule has 2 amide bonds. The highest BCUT2D eigenvalue weighted by atomic mass is 16.4. The SMILES string of the molecule is CC(=O)N[C@H](Cc1ccccc1)C(=O)N[C@@H](C(=O)O)[C@H](C)CC#N. The number of carbonyl (C=O) groups excluding carboxylic acids is 2. The van der Waals surface area contributed by atoms with Crippen LogP contribution in [-0.2, 0) is 20.8 Å². The number of carboxylic acid groups (broad SMARTS) is 1. The molecule has 3 N–H and O–H groups in total. The summed E-state index contributed by atoms with van der Waals surface area (Å²) in [5.74, 6) is -2.74. The van der Waals surface area contributed by atoms with Gasteiger partial charge in [-0.2, -0.15) is 5.26 Å². The summed E-state index contributed by atoms with van der Waals surface area (Å²) in [6.07, 6.45) is 0.242. The maximum absolute atomic E-state index is 12.4. The lowest BCUT2D eigenvalue weighted by molar-refractivity contribution is -0.143. The van der Waals surface area contributed by atoms with Crippen LogP contribution in [0.1, 0.15) is 25.8 Å². The van der Waals surface area contributed by atoms with E-state index in [4.69, 9.17) is 5.26 Å². The van der Waals surface area contributed by atoms with Crippen molar-refractivity contribution >= 4 is 17.8 Å². The Morgan fingerprint density at radius 2 is 1.83 bits per heavy atom. The van der Waals surface area contributed by atoms with Crippen molar-refractivity contribution < 1.29 is 19.5 Å². The number of carbonyl (C=O) groups is 3. The van der Waals surface area contributed by atoms with Gasteiger partial charge in [0.15, 0.2) is 0 Å². The lowest BCUT2D eigenvalue weighted by atomic mass is 9.98. The zero-order valence-corrected chi connectivity index (χ0v) is 13.7. The minimum atomic E-state index is -1.22. The molecule has 0 unspecified atom stereocenters. The summed E-state index contributed by atoms with van der Waals surface area (Å²) in [6.45, 7) is 2.87. The topological polar surface area (TPSA) is 119 Å². The van der Waals surface area contributed by atoms with Crippen molar-refractivity contribution in [1.82, 2.24) is 10.6 Å². The summed E-state index contributed by atoms with van der Waals surface area (Å²) >= 11 is 0. The first-order chi connectivity index (χ1) is 11.3. The second-order valence-electron chi connectivity index (χ2n) is 5.61. The highest BCUT2D eigenvalue weighted by Crippen LogP contribution is 2.10. The van der Waals surface area contributed by atoms with Crippen LogP contribution in [0, 0.1) is 17.2 Å². The van der Waals surface area contributed by atoms with Crippen LogP contribution in [0.15, 0.2) is 30.3 Å². The summed E-state index contributed by atoms with van der Waals surface area (Å²) in [5, 5.41) is 22.9. The molecule has 7 heteroatoms. The molecule has 0 fully saturated rings. The van der Waals surface area contributed by atoms with E-state index in [1.165, 1.54) is 6.92 Å². The van der Waals surface area contributed by atoms with Gasteiger partial charge in [0.2, 0.25) is 11.8 Å². The van der Waals surface area contributed by atoms with E-state index in [1.807, 2.05) is 36.4 Å². The van der Waals surface area contributed by atoms with Gasteiger partial charge in [0, 0.05) is 25.7 Å². The molecule has 0 aliphatic carbocycles. The smallest absolute Gasteiger partial charge is 0.326 e. The molecule has 1 aromatic rings. The third-order valence-corrected chi connectivity index (χ3v) is 3.52. The van der Waals surface area contributed by atoms with Crippen molar-refractivity contribution in [2.45, 2.75) is 38.8 Å². The van der Waals surface area contributed by atoms with Gasteiger partial charge in [0.1, 0.15) is 12.1 Å². The predicted molar refractivity (Wildman–Crippen MR) is 86.7 cm³/mol. The second-order valence-corrected chi connectivity index (χ2v) is 5.61. The molecule has 0 aromatic heterocycles. The van der Waals surface area contributed by atoms with Crippen LogP contribution in [0.4, 0.5) is 0 Å². The number of nitrogens with one attached hydrogen (secondary N) is 2. The molecule has 0 aliphatic heterocycles. The first-order valence-electron chi connectivity index (χ1n) is 7.56. The zero-order valence-electron chi connectivity index (χ0n) is 13.7. The van der Waals surface area contributed by atoms with Crippen LogP contribution in [0.3, 0.4) is 0 Å². The molecular formula is C17H21N3O4. The van der Waals surface area contributed by atoms with E-state index in [0.29, 0.717) is 0 Å². The molecule has 0 aliphatic rings. The van der Waals surface area contributed by atoms with Gasteiger partial charge in [-0.1, -0.05) is 37.3 Å². The Bertz CT molecular complexity index is 624. The third-order valence-electron chi connectivity index (χ3n) is 3.52. The normalized spacial score (nSPS) is 13.9. The van der Waals surface area contributed by atoms with Gasteiger partial charge in [-0.15, -0.1) is 0 Å². The predicted octanol–water partition coefficient (Wildman–Crippen LogP) is 0.853. The van der Waals surface area contributed by atoms with Crippen LogP contribution >= 0.6 is 0 Å². The first kappa shape index (κ1) is 19.2. The van der Waals surface area contributed by atoms with Crippen molar-refractivity contribution in [2.24, 2.45) is 5.92 Å². The number of aliphatic carboxylic acids is 1. The molecular weight excluding hydrogens is 310 g/mol. The monoisotopic (exact) mass is 331 g/mol. The molecule has 24 heavy (non-hydrogen) atoms. The van der Waals surface area contributed by atoms with E-state index in [9.17, 15) is 19.5 Å². The average molecular weight is 331 g/mol. The number of nitrogens with zero attached hydrogens (tertiary/aromatic N) is 1. The molecule has 0 bridgehead atoms. The Kier molecular flexibility index (Phi) is 7.43. The molecule has 128 valence electrons. The fourth-order valence-corrected chi connectivity index (χ4v) is 2.27. The number of hydrogen-bond donors (Lipinski definition) is 3. The Labute approximate surface area is 140 Å². The van der Waals surface area contributed by atoms with E-state index in [1.54, 1.807) is 6.92 Å². The maximum Gasteiger partial charge on any atom is 0.326 e. The van der Waals surface area contributed by atoms with Gasteiger partial charge in [0.05, 0.1) is 6.07 Å². The molecule has 1 aromatic carbocycles. The summed E-state index contributed by atoms with van der Waals surface area (Å²) in [4.78, 5) is 35.1. The van der Waals surface area contributed by atoms with Gasteiger partial charge in [-0.05, 0) is 5.56 Å². The summed E-state index contributed by atoms with van der Waals surface area (Å²) in [6, 6.07) is 8.90. The lowest BCUT2D eigenvalue weighted by Gasteiger charge is -2.23. The minimum absolute atomic E-state index is 0.000730. The fourth-order valence-electron chi connectivity index (χ4n) is 2.27. The lowest BCUT2D eigenvalue weighted by Crippen LogP contribution is -2.53.